The van der Waals surface area contributed by atoms with Gasteiger partial charge in [0, 0.05) is 17.1 Å². The lowest BCUT2D eigenvalue weighted by atomic mass is 9.86. The molecule has 0 aromatic heterocycles. The first-order valence-electron chi connectivity index (χ1n) is 7.95. The van der Waals surface area contributed by atoms with Gasteiger partial charge in [-0.3, -0.25) is 0 Å². The Morgan fingerprint density at radius 1 is 1.30 bits per heavy atom. The average Bonchev–Trinajstić information content (AvgIpc) is 2.37. The van der Waals surface area contributed by atoms with Crippen molar-refractivity contribution < 1.29 is 14.3 Å². The zero-order chi connectivity index (χ0) is 17.0. The standard InChI is InChI=1S/C17H25ClN2O3/c1-5-22-15-7-6-11(18)8-14(15)19-12-9-13(10-12)20-16(21)23-17(2,3)4/h6-8,12-13,19H,5,9-10H2,1-4H3,(H,20,21). The summed E-state index contributed by atoms with van der Waals surface area (Å²) < 4.78 is 10.9. The molecule has 0 aliphatic heterocycles. The van der Waals surface area contributed by atoms with Crippen molar-refractivity contribution in [2.24, 2.45) is 0 Å². The average molecular weight is 341 g/mol. The third-order valence-electron chi connectivity index (χ3n) is 3.46. The highest BCUT2D eigenvalue weighted by molar-refractivity contribution is 6.30. The summed E-state index contributed by atoms with van der Waals surface area (Å²) in [5, 5.41) is 6.97. The van der Waals surface area contributed by atoms with Gasteiger partial charge in [-0.1, -0.05) is 11.6 Å². The molecular weight excluding hydrogens is 316 g/mol. The van der Waals surface area contributed by atoms with Crippen molar-refractivity contribution in [1.29, 1.82) is 0 Å². The Morgan fingerprint density at radius 3 is 2.61 bits per heavy atom. The number of anilines is 1. The fraction of sp³-hybridized carbons (Fsp3) is 0.588. The van der Waals surface area contributed by atoms with Gasteiger partial charge in [0.15, 0.2) is 0 Å². The smallest absolute Gasteiger partial charge is 0.407 e. The minimum Gasteiger partial charge on any atom is -0.492 e. The van der Waals surface area contributed by atoms with Crippen molar-refractivity contribution in [2.75, 3.05) is 11.9 Å². The van der Waals surface area contributed by atoms with Crippen LogP contribution in [0.3, 0.4) is 0 Å². The molecule has 0 radical (unpaired) electrons. The first-order chi connectivity index (χ1) is 10.8. The number of amides is 1. The molecule has 0 spiro atoms. The summed E-state index contributed by atoms with van der Waals surface area (Å²) in [6.07, 6.45) is 1.33. The van der Waals surface area contributed by atoms with Crippen molar-refractivity contribution in [2.45, 2.75) is 58.2 Å². The molecule has 0 unspecified atom stereocenters. The van der Waals surface area contributed by atoms with Gasteiger partial charge in [-0.25, -0.2) is 4.79 Å². The number of ether oxygens (including phenoxy) is 2. The van der Waals surface area contributed by atoms with Crippen molar-refractivity contribution in [1.82, 2.24) is 5.32 Å². The largest absolute Gasteiger partial charge is 0.492 e. The topological polar surface area (TPSA) is 59.6 Å². The summed E-state index contributed by atoms with van der Waals surface area (Å²) in [7, 11) is 0. The fourth-order valence-corrected chi connectivity index (χ4v) is 2.62. The number of carbonyl (C=O) groups is 1. The maximum atomic E-state index is 11.7. The molecule has 1 fully saturated rings. The van der Waals surface area contributed by atoms with Crippen molar-refractivity contribution in [3.8, 4) is 5.75 Å². The Labute approximate surface area is 142 Å². The summed E-state index contributed by atoms with van der Waals surface area (Å²) in [4.78, 5) is 11.7. The summed E-state index contributed by atoms with van der Waals surface area (Å²) in [6, 6.07) is 5.96. The summed E-state index contributed by atoms with van der Waals surface area (Å²) in [5.41, 5.74) is 0.415. The van der Waals surface area contributed by atoms with Crippen LogP contribution < -0.4 is 15.4 Å². The van der Waals surface area contributed by atoms with Gasteiger partial charge in [0.1, 0.15) is 11.4 Å². The lowest BCUT2D eigenvalue weighted by Gasteiger charge is -2.37. The van der Waals surface area contributed by atoms with E-state index in [1.807, 2.05) is 45.9 Å². The summed E-state index contributed by atoms with van der Waals surface area (Å²) in [6.45, 7) is 8.11. The van der Waals surface area contributed by atoms with Gasteiger partial charge < -0.3 is 20.1 Å². The van der Waals surface area contributed by atoms with Crippen LogP contribution >= 0.6 is 11.6 Å². The summed E-state index contributed by atoms with van der Waals surface area (Å²) >= 11 is 6.05. The predicted octanol–water partition coefficient (Wildman–Crippen LogP) is 4.21. The van der Waals surface area contributed by atoms with E-state index in [9.17, 15) is 4.79 Å². The van der Waals surface area contributed by atoms with Crippen LogP contribution in [0.1, 0.15) is 40.5 Å². The number of benzene rings is 1. The zero-order valence-electron chi connectivity index (χ0n) is 14.1. The Morgan fingerprint density at radius 2 is 2.00 bits per heavy atom. The SMILES string of the molecule is CCOc1ccc(Cl)cc1NC1CC(NC(=O)OC(C)(C)C)C1. The molecule has 6 heteroatoms. The van der Waals surface area contributed by atoms with Crippen LogP contribution in [0.2, 0.25) is 5.02 Å². The first kappa shape index (κ1) is 17.7. The number of hydrogen-bond acceptors (Lipinski definition) is 4. The fourth-order valence-electron chi connectivity index (χ4n) is 2.44. The van der Waals surface area contributed by atoms with Crippen LogP contribution in [0.4, 0.5) is 10.5 Å². The number of hydrogen-bond donors (Lipinski definition) is 2. The molecule has 128 valence electrons. The highest BCUT2D eigenvalue weighted by Gasteiger charge is 2.32. The number of halogens is 1. The minimum absolute atomic E-state index is 0.136. The molecule has 1 aromatic rings. The number of alkyl carbamates (subject to hydrolysis) is 1. The van der Waals surface area contributed by atoms with Gasteiger partial charge in [0.2, 0.25) is 0 Å². The molecule has 1 aromatic carbocycles. The van der Waals surface area contributed by atoms with Crippen LogP contribution in [0.25, 0.3) is 0 Å². The second-order valence-corrected chi connectivity index (χ2v) is 7.17. The number of rotatable bonds is 5. The van der Waals surface area contributed by atoms with Crippen LogP contribution in [-0.4, -0.2) is 30.4 Å². The number of carbonyl (C=O) groups excluding carboxylic acids is 1. The van der Waals surface area contributed by atoms with Crippen LogP contribution in [0.5, 0.6) is 5.75 Å². The Balaban J connectivity index is 1.82. The first-order valence-corrected chi connectivity index (χ1v) is 8.33. The summed E-state index contributed by atoms with van der Waals surface area (Å²) in [5.74, 6) is 0.792. The highest BCUT2D eigenvalue weighted by Crippen LogP contribution is 2.32. The molecule has 1 aliphatic carbocycles. The van der Waals surface area contributed by atoms with E-state index in [4.69, 9.17) is 21.1 Å². The minimum atomic E-state index is -0.474. The van der Waals surface area contributed by atoms with E-state index in [1.54, 1.807) is 0 Å². The van der Waals surface area contributed by atoms with Gasteiger partial charge in [-0.05, 0) is 58.7 Å². The number of nitrogens with one attached hydrogen (secondary N) is 2. The van der Waals surface area contributed by atoms with Gasteiger partial charge in [-0.2, -0.15) is 0 Å². The Bertz CT molecular complexity index is 551. The van der Waals surface area contributed by atoms with Gasteiger partial charge in [-0.15, -0.1) is 0 Å². The molecule has 2 rings (SSSR count). The van der Waals surface area contributed by atoms with Gasteiger partial charge >= 0.3 is 6.09 Å². The quantitative estimate of drug-likeness (QED) is 0.843. The molecule has 0 atom stereocenters. The van der Waals surface area contributed by atoms with E-state index in [1.165, 1.54) is 0 Å². The molecule has 0 heterocycles. The van der Waals surface area contributed by atoms with E-state index < -0.39 is 5.60 Å². The van der Waals surface area contributed by atoms with Crippen molar-refractivity contribution in [3.63, 3.8) is 0 Å². The molecule has 0 saturated heterocycles. The predicted molar refractivity (Wildman–Crippen MR) is 92.4 cm³/mol. The third kappa shape index (κ3) is 5.50. The van der Waals surface area contributed by atoms with E-state index in [0.29, 0.717) is 11.6 Å². The second-order valence-electron chi connectivity index (χ2n) is 6.73. The molecule has 1 saturated carbocycles. The molecule has 5 nitrogen and oxygen atoms in total. The lowest BCUT2D eigenvalue weighted by Crippen LogP contribution is -2.50. The lowest BCUT2D eigenvalue weighted by molar-refractivity contribution is 0.0475. The van der Waals surface area contributed by atoms with E-state index >= 15 is 0 Å². The second kappa shape index (κ2) is 7.30. The monoisotopic (exact) mass is 340 g/mol. The normalized spacial score (nSPS) is 20.4. The molecule has 1 amide bonds. The van der Waals surface area contributed by atoms with E-state index in [2.05, 4.69) is 10.6 Å². The molecule has 2 N–H and O–H groups in total. The van der Waals surface area contributed by atoms with Crippen LogP contribution in [-0.2, 0) is 4.74 Å². The highest BCUT2D eigenvalue weighted by atomic mass is 35.5. The maximum absolute atomic E-state index is 11.7. The van der Waals surface area contributed by atoms with Crippen LogP contribution in [0, 0.1) is 0 Å². The van der Waals surface area contributed by atoms with Gasteiger partial charge in [0.25, 0.3) is 0 Å². The Hall–Kier alpha value is -1.62. The van der Waals surface area contributed by atoms with Crippen molar-refractivity contribution >= 4 is 23.4 Å². The van der Waals surface area contributed by atoms with Crippen LogP contribution in [0.15, 0.2) is 18.2 Å². The van der Waals surface area contributed by atoms with E-state index in [0.717, 1.165) is 24.3 Å². The molecule has 1 aliphatic rings. The Kier molecular flexibility index (Phi) is 5.63. The zero-order valence-corrected chi connectivity index (χ0v) is 14.9. The van der Waals surface area contributed by atoms with Gasteiger partial charge in [0.05, 0.1) is 12.3 Å². The molecule has 23 heavy (non-hydrogen) atoms. The third-order valence-corrected chi connectivity index (χ3v) is 3.70. The van der Waals surface area contributed by atoms with E-state index in [-0.39, 0.29) is 18.2 Å². The molecular formula is C17H25ClN2O3. The maximum Gasteiger partial charge on any atom is 0.407 e. The molecule has 0 bridgehead atoms. The van der Waals surface area contributed by atoms with Crippen molar-refractivity contribution in [3.05, 3.63) is 23.2 Å².